The molecule has 0 saturated carbocycles. The number of aromatic nitrogens is 2. The fourth-order valence-corrected chi connectivity index (χ4v) is 1.99. The van der Waals surface area contributed by atoms with E-state index in [0.29, 0.717) is 5.92 Å². The van der Waals surface area contributed by atoms with Crippen molar-refractivity contribution in [2.24, 2.45) is 0 Å². The SMILES string of the molecule is Cc1cc(C=CC(=O)O)ccc1-n1ccc(C(C)C)n1. The first-order valence-corrected chi connectivity index (χ1v) is 6.55. The van der Waals surface area contributed by atoms with Crippen molar-refractivity contribution >= 4 is 12.0 Å². The molecular formula is C16H18N2O2. The summed E-state index contributed by atoms with van der Waals surface area (Å²) >= 11 is 0. The van der Waals surface area contributed by atoms with Crippen molar-refractivity contribution in [1.82, 2.24) is 9.78 Å². The second-order valence-corrected chi connectivity index (χ2v) is 5.06. The maximum atomic E-state index is 10.5. The highest BCUT2D eigenvalue weighted by Gasteiger charge is 2.06. The van der Waals surface area contributed by atoms with Crippen molar-refractivity contribution < 1.29 is 9.90 Å². The van der Waals surface area contributed by atoms with Crippen molar-refractivity contribution in [2.45, 2.75) is 26.7 Å². The number of carboxylic acids is 1. The van der Waals surface area contributed by atoms with Crippen LogP contribution in [0.2, 0.25) is 0 Å². The Morgan fingerprint density at radius 2 is 2.10 bits per heavy atom. The van der Waals surface area contributed by atoms with Crippen molar-refractivity contribution in [2.75, 3.05) is 0 Å². The van der Waals surface area contributed by atoms with Gasteiger partial charge in [-0.1, -0.05) is 19.9 Å². The van der Waals surface area contributed by atoms with Crippen LogP contribution in [0.3, 0.4) is 0 Å². The van der Waals surface area contributed by atoms with E-state index in [-0.39, 0.29) is 0 Å². The number of hydrogen-bond donors (Lipinski definition) is 1. The molecule has 0 aliphatic heterocycles. The van der Waals surface area contributed by atoms with Crippen LogP contribution in [0.15, 0.2) is 36.5 Å². The van der Waals surface area contributed by atoms with Gasteiger partial charge in [-0.3, -0.25) is 0 Å². The summed E-state index contributed by atoms with van der Waals surface area (Å²) < 4.78 is 1.86. The second kappa shape index (κ2) is 5.74. The zero-order chi connectivity index (χ0) is 14.7. The third-order valence-corrected chi connectivity index (χ3v) is 3.09. The van der Waals surface area contributed by atoms with Crippen LogP contribution in [0.4, 0.5) is 0 Å². The van der Waals surface area contributed by atoms with E-state index in [1.807, 2.05) is 42.1 Å². The van der Waals surface area contributed by atoms with Crippen LogP contribution in [-0.2, 0) is 4.79 Å². The van der Waals surface area contributed by atoms with E-state index in [1.165, 1.54) is 0 Å². The molecule has 2 rings (SSSR count). The molecule has 4 heteroatoms. The average molecular weight is 270 g/mol. The molecule has 0 bridgehead atoms. The Kier molecular flexibility index (Phi) is 4.03. The molecule has 104 valence electrons. The zero-order valence-electron chi connectivity index (χ0n) is 11.9. The van der Waals surface area contributed by atoms with Gasteiger partial charge in [-0.25, -0.2) is 9.48 Å². The van der Waals surface area contributed by atoms with Gasteiger partial charge in [0.25, 0.3) is 0 Å². The summed E-state index contributed by atoms with van der Waals surface area (Å²) in [6.45, 7) is 6.21. The van der Waals surface area contributed by atoms with E-state index in [9.17, 15) is 4.79 Å². The van der Waals surface area contributed by atoms with Crippen LogP contribution in [0.1, 0.15) is 36.6 Å². The zero-order valence-corrected chi connectivity index (χ0v) is 11.9. The number of aryl methyl sites for hydroxylation is 1. The minimum atomic E-state index is -0.944. The molecule has 0 amide bonds. The predicted octanol–water partition coefficient (Wildman–Crippen LogP) is 3.40. The summed E-state index contributed by atoms with van der Waals surface area (Å²) in [5.41, 5.74) is 3.98. The van der Waals surface area contributed by atoms with Gasteiger partial charge in [0.15, 0.2) is 0 Å². The highest BCUT2D eigenvalue weighted by Crippen LogP contribution is 2.18. The van der Waals surface area contributed by atoms with E-state index in [1.54, 1.807) is 6.08 Å². The fourth-order valence-electron chi connectivity index (χ4n) is 1.99. The van der Waals surface area contributed by atoms with E-state index < -0.39 is 5.97 Å². The van der Waals surface area contributed by atoms with E-state index in [4.69, 9.17) is 5.11 Å². The summed E-state index contributed by atoms with van der Waals surface area (Å²) in [7, 11) is 0. The van der Waals surface area contributed by atoms with Crippen LogP contribution >= 0.6 is 0 Å². The van der Waals surface area contributed by atoms with Gasteiger partial charge < -0.3 is 5.11 Å². The van der Waals surface area contributed by atoms with Gasteiger partial charge in [-0.05, 0) is 48.2 Å². The molecule has 0 fully saturated rings. The van der Waals surface area contributed by atoms with Gasteiger partial charge in [-0.15, -0.1) is 0 Å². The Hall–Kier alpha value is -2.36. The number of rotatable bonds is 4. The molecule has 4 nitrogen and oxygen atoms in total. The van der Waals surface area contributed by atoms with Crippen LogP contribution in [-0.4, -0.2) is 20.9 Å². The Morgan fingerprint density at radius 1 is 1.35 bits per heavy atom. The third-order valence-electron chi connectivity index (χ3n) is 3.09. The number of carbonyl (C=O) groups is 1. The monoisotopic (exact) mass is 270 g/mol. The normalized spacial score (nSPS) is 11.4. The van der Waals surface area contributed by atoms with Crippen LogP contribution in [0, 0.1) is 6.92 Å². The van der Waals surface area contributed by atoms with Crippen molar-refractivity contribution in [3.8, 4) is 5.69 Å². The van der Waals surface area contributed by atoms with Gasteiger partial charge in [0.05, 0.1) is 11.4 Å². The first-order chi connectivity index (χ1) is 9.47. The quantitative estimate of drug-likeness (QED) is 0.866. The molecule has 20 heavy (non-hydrogen) atoms. The lowest BCUT2D eigenvalue weighted by molar-refractivity contribution is -0.131. The van der Waals surface area contributed by atoms with E-state index >= 15 is 0 Å². The topological polar surface area (TPSA) is 55.1 Å². The first kappa shape index (κ1) is 14.1. The average Bonchev–Trinajstić information content (AvgIpc) is 2.86. The van der Waals surface area contributed by atoms with Crippen LogP contribution < -0.4 is 0 Å². The molecule has 0 atom stereocenters. The minimum absolute atomic E-state index is 0.398. The number of hydrogen-bond acceptors (Lipinski definition) is 2. The molecule has 1 N–H and O–H groups in total. The maximum Gasteiger partial charge on any atom is 0.328 e. The van der Waals surface area contributed by atoms with Gasteiger partial charge in [0, 0.05) is 12.3 Å². The standard InChI is InChI=1S/C16H18N2O2/c1-11(2)14-8-9-18(17-14)15-6-4-13(10-12(15)3)5-7-16(19)20/h4-11H,1-3H3,(H,19,20). The predicted molar refractivity (Wildman–Crippen MR) is 79.1 cm³/mol. The molecule has 2 aromatic rings. The lowest BCUT2D eigenvalue weighted by Crippen LogP contribution is -1.99. The number of nitrogens with zero attached hydrogens (tertiary/aromatic N) is 2. The Morgan fingerprint density at radius 3 is 2.65 bits per heavy atom. The summed E-state index contributed by atoms with van der Waals surface area (Å²) in [6, 6.07) is 7.81. The van der Waals surface area contributed by atoms with Gasteiger partial charge in [0.1, 0.15) is 0 Å². The molecule has 1 aromatic carbocycles. The number of benzene rings is 1. The summed E-state index contributed by atoms with van der Waals surface area (Å²) in [6.07, 6.45) is 4.67. The molecule has 0 unspecified atom stereocenters. The van der Waals surface area contributed by atoms with Crippen LogP contribution in [0.25, 0.3) is 11.8 Å². The second-order valence-electron chi connectivity index (χ2n) is 5.06. The van der Waals surface area contributed by atoms with E-state index in [0.717, 1.165) is 28.6 Å². The highest BCUT2D eigenvalue weighted by molar-refractivity contribution is 5.85. The molecular weight excluding hydrogens is 252 g/mol. The Balaban J connectivity index is 2.31. The molecule has 1 heterocycles. The summed E-state index contributed by atoms with van der Waals surface area (Å²) in [4.78, 5) is 10.5. The number of carboxylic acid groups (broad SMARTS) is 1. The minimum Gasteiger partial charge on any atom is -0.478 e. The lowest BCUT2D eigenvalue weighted by Gasteiger charge is -2.07. The van der Waals surface area contributed by atoms with Gasteiger partial charge in [-0.2, -0.15) is 5.10 Å². The smallest absolute Gasteiger partial charge is 0.328 e. The van der Waals surface area contributed by atoms with Crippen LogP contribution in [0.5, 0.6) is 0 Å². The Bertz CT molecular complexity index is 654. The van der Waals surface area contributed by atoms with Crippen molar-refractivity contribution in [3.05, 3.63) is 53.4 Å². The van der Waals surface area contributed by atoms with E-state index in [2.05, 4.69) is 18.9 Å². The molecule has 0 aliphatic rings. The largest absolute Gasteiger partial charge is 0.478 e. The molecule has 1 aromatic heterocycles. The number of aliphatic carboxylic acids is 1. The lowest BCUT2D eigenvalue weighted by atomic mass is 10.1. The first-order valence-electron chi connectivity index (χ1n) is 6.55. The maximum absolute atomic E-state index is 10.5. The Labute approximate surface area is 118 Å². The third kappa shape index (κ3) is 3.15. The van der Waals surface area contributed by atoms with Crippen molar-refractivity contribution in [3.63, 3.8) is 0 Å². The highest BCUT2D eigenvalue weighted by atomic mass is 16.4. The molecule has 0 spiro atoms. The van der Waals surface area contributed by atoms with Gasteiger partial charge >= 0.3 is 5.97 Å². The molecule has 0 radical (unpaired) electrons. The molecule has 0 saturated heterocycles. The molecule has 0 aliphatic carbocycles. The fraction of sp³-hybridized carbons (Fsp3) is 0.250. The van der Waals surface area contributed by atoms with Gasteiger partial charge in [0.2, 0.25) is 0 Å². The van der Waals surface area contributed by atoms with Crippen molar-refractivity contribution in [1.29, 1.82) is 0 Å². The summed E-state index contributed by atoms with van der Waals surface area (Å²) in [5.74, 6) is -0.547. The summed E-state index contributed by atoms with van der Waals surface area (Å²) in [5, 5.41) is 13.2.